The number of carbonyl (C=O) groups is 1. The van der Waals surface area contributed by atoms with Gasteiger partial charge in [-0.05, 0) is 40.6 Å². The van der Waals surface area contributed by atoms with Gasteiger partial charge in [0.25, 0.3) is 0 Å². The summed E-state index contributed by atoms with van der Waals surface area (Å²) in [6.07, 6.45) is 1.38. The standard InChI is InChI=1S/C22H17ClN6O4/c23-17-4-2-1-3-15(17)12-31-22(30)14-7-5-13(6-8-14)18-10-9-16(32-18)11-26-27-20(24)19-21(25)29-33-28-19/h1-11H,12H2,(H2,24,27)(H2,25,29)/b26-11-. The average molecular weight is 465 g/mol. The van der Waals surface area contributed by atoms with Crippen molar-refractivity contribution in [1.29, 1.82) is 0 Å². The minimum atomic E-state index is -0.452. The molecule has 2 aromatic heterocycles. The zero-order chi connectivity index (χ0) is 23.2. The van der Waals surface area contributed by atoms with Crippen molar-refractivity contribution in [3.05, 3.63) is 88.3 Å². The molecular formula is C22H17ClN6O4. The maximum Gasteiger partial charge on any atom is 0.338 e. The number of carbonyl (C=O) groups excluding carboxylic acids is 1. The van der Waals surface area contributed by atoms with Crippen molar-refractivity contribution in [2.75, 3.05) is 5.73 Å². The molecular weight excluding hydrogens is 448 g/mol. The van der Waals surface area contributed by atoms with Gasteiger partial charge in [0.05, 0.1) is 11.8 Å². The molecule has 0 aliphatic heterocycles. The molecule has 0 aliphatic rings. The second-order valence-corrected chi connectivity index (χ2v) is 7.08. The highest BCUT2D eigenvalue weighted by atomic mass is 35.5. The maximum atomic E-state index is 12.3. The Balaban J connectivity index is 1.38. The zero-order valence-corrected chi connectivity index (χ0v) is 17.8. The summed E-state index contributed by atoms with van der Waals surface area (Å²) in [5.74, 6) is 0.536. The third-order valence-electron chi connectivity index (χ3n) is 4.46. The number of hydrogen-bond acceptors (Lipinski definition) is 9. The van der Waals surface area contributed by atoms with Gasteiger partial charge in [-0.25, -0.2) is 9.42 Å². The molecule has 0 atom stereocenters. The number of nitrogens with two attached hydrogens (primary N) is 2. The normalized spacial score (nSPS) is 11.7. The number of nitrogen functional groups attached to an aromatic ring is 1. The van der Waals surface area contributed by atoms with Crippen LogP contribution in [0.2, 0.25) is 5.02 Å². The van der Waals surface area contributed by atoms with Crippen molar-refractivity contribution in [3.8, 4) is 11.3 Å². The van der Waals surface area contributed by atoms with Gasteiger partial charge in [-0.15, -0.1) is 5.10 Å². The average Bonchev–Trinajstić information content (AvgIpc) is 3.47. The summed E-state index contributed by atoms with van der Waals surface area (Å²) in [5, 5.41) is 15.1. The first kappa shape index (κ1) is 21.8. The highest BCUT2D eigenvalue weighted by Crippen LogP contribution is 2.23. The van der Waals surface area contributed by atoms with Crippen LogP contribution in [0.15, 0.2) is 79.9 Å². The van der Waals surface area contributed by atoms with Crippen molar-refractivity contribution in [2.45, 2.75) is 6.61 Å². The number of ether oxygens (including phenoxy) is 1. The topological polar surface area (TPSA) is 155 Å². The second-order valence-electron chi connectivity index (χ2n) is 6.67. The molecule has 2 aromatic carbocycles. The van der Waals surface area contributed by atoms with Crippen molar-refractivity contribution in [2.24, 2.45) is 15.9 Å². The van der Waals surface area contributed by atoms with E-state index in [4.69, 9.17) is 32.2 Å². The SMILES string of the molecule is N/C(=N/N=C\c1ccc(-c2ccc(C(=O)OCc3ccccc3Cl)cc2)o1)c1nonc1N. The number of rotatable bonds is 7. The van der Waals surface area contributed by atoms with E-state index in [2.05, 4.69) is 25.1 Å². The Morgan fingerprint density at radius 3 is 2.61 bits per heavy atom. The lowest BCUT2D eigenvalue weighted by atomic mass is 10.1. The summed E-state index contributed by atoms with van der Waals surface area (Å²) in [6, 6.07) is 17.5. The molecule has 0 aliphatic carbocycles. The van der Waals surface area contributed by atoms with E-state index in [-0.39, 0.29) is 24.0 Å². The summed E-state index contributed by atoms with van der Waals surface area (Å²) < 4.78 is 15.5. The predicted octanol–water partition coefficient (Wildman–Crippen LogP) is 3.66. The van der Waals surface area contributed by atoms with Crippen LogP contribution in [-0.4, -0.2) is 28.3 Å². The summed E-state index contributed by atoms with van der Waals surface area (Å²) in [4.78, 5) is 12.3. The van der Waals surface area contributed by atoms with Gasteiger partial charge in [-0.3, -0.25) is 0 Å². The van der Waals surface area contributed by atoms with E-state index >= 15 is 0 Å². The lowest BCUT2D eigenvalue weighted by Gasteiger charge is -2.07. The van der Waals surface area contributed by atoms with Crippen molar-refractivity contribution >= 4 is 35.4 Å². The smallest absolute Gasteiger partial charge is 0.338 e. The molecule has 11 heteroatoms. The Hall–Kier alpha value is -4.44. The second kappa shape index (κ2) is 9.79. The van der Waals surface area contributed by atoms with Crippen LogP contribution in [-0.2, 0) is 11.3 Å². The quantitative estimate of drug-likeness (QED) is 0.181. The summed E-state index contributed by atoms with van der Waals surface area (Å²) >= 11 is 6.08. The first-order valence-corrected chi connectivity index (χ1v) is 9.95. The van der Waals surface area contributed by atoms with Crippen LogP contribution in [0.3, 0.4) is 0 Å². The van der Waals surface area contributed by atoms with Crippen molar-refractivity contribution in [3.63, 3.8) is 0 Å². The first-order valence-electron chi connectivity index (χ1n) is 9.57. The number of benzene rings is 2. The van der Waals surface area contributed by atoms with Gasteiger partial charge >= 0.3 is 5.97 Å². The van der Waals surface area contributed by atoms with E-state index in [1.165, 1.54) is 6.21 Å². The fourth-order valence-corrected chi connectivity index (χ4v) is 2.95. The molecule has 2 heterocycles. The molecule has 4 N–H and O–H groups in total. The Morgan fingerprint density at radius 1 is 1.09 bits per heavy atom. The Morgan fingerprint density at radius 2 is 1.88 bits per heavy atom. The van der Waals surface area contributed by atoms with Crippen LogP contribution >= 0.6 is 11.6 Å². The third kappa shape index (κ3) is 5.25. The van der Waals surface area contributed by atoms with Gasteiger partial charge in [0.15, 0.2) is 17.3 Å². The van der Waals surface area contributed by atoms with Crippen LogP contribution < -0.4 is 11.5 Å². The lowest BCUT2D eigenvalue weighted by molar-refractivity contribution is 0.0473. The molecule has 0 spiro atoms. The largest absolute Gasteiger partial charge is 0.457 e. The monoisotopic (exact) mass is 464 g/mol. The van der Waals surface area contributed by atoms with Crippen LogP contribution in [0, 0.1) is 0 Å². The minimum Gasteiger partial charge on any atom is -0.457 e. The molecule has 0 unspecified atom stereocenters. The highest BCUT2D eigenvalue weighted by Gasteiger charge is 2.11. The maximum absolute atomic E-state index is 12.3. The number of anilines is 1. The summed E-state index contributed by atoms with van der Waals surface area (Å²) in [5.41, 5.74) is 13.3. The Bertz CT molecular complexity index is 1330. The molecule has 4 aromatic rings. The molecule has 4 rings (SSSR count). The number of esters is 1. The van der Waals surface area contributed by atoms with E-state index in [1.807, 2.05) is 12.1 Å². The number of hydrogen-bond donors (Lipinski definition) is 2. The van der Waals surface area contributed by atoms with Crippen molar-refractivity contribution < 1.29 is 18.6 Å². The summed E-state index contributed by atoms with van der Waals surface area (Å²) in [6.45, 7) is 0.0912. The zero-order valence-electron chi connectivity index (χ0n) is 17.0. The van der Waals surface area contributed by atoms with E-state index in [9.17, 15) is 4.79 Å². The lowest BCUT2D eigenvalue weighted by Crippen LogP contribution is -2.15. The molecule has 0 fully saturated rings. The predicted molar refractivity (Wildman–Crippen MR) is 122 cm³/mol. The van der Waals surface area contributed by atoms with Crippen LogP contribution in [0.1, 0.15) is 27.4 Å². The number of furan rings is 1. The van der Waals surface area contributed by atoms with Gasteiger partial charge in [-0.2, -0.15) is 5.10 Å². The molecule has 0 saturated carbocycles. The van der Waals surface area contributed by atoms with Crippen LogP contribution in [0.4, 0.5) is 5.82 Å². The van der Waals surface area contributed by atoms with E-state index < -0.39 is 5.97 Å². The Kier molecular flexibility index (Phi) is 6.46. The molecule has 10 nitrogen and oxygen atoms in total. The van der Waals surface area contributed by atoms with Gasteiger partial charge in [0.2, 0.25) is 0 Å². The fourth-order valence-electron chi connectivity index (χ4n) is 2.76. The molecule has 0 saturated heterocycles. The van der Waals surface area contributed by atoms with Crippen molar-refractivity contribution in [1.82, 2.24) is 10.3 Å². The highest BCUT2D eigenvalue weighted by molar-refractivity contribution is 6.31. The van der Waals surface area contributed by atoms with Crippen LogP contribution in [0.25, 0.3) is 11.3 Å². The fraction of sp³-hybridized carbons (Fsp3) is 0.0455. The van der Waals surface area contributed by atoms with Gasteiger partial charge in [-0.1, -0.05) is 41.9 Å². The molecule has 0 amide bonds. The molecule has 0 bridgehead atoms. The number of amidine groups is 1. The molecule has 166 valence electrons. The van der Waals surface area contributed by atoms with Gasteiger partial charge in [0.1, 0.15) is 18.1 Å². The van der Waals surface area contributed by atoms with Crippen LogP contribution in [0.5, 0.6) is 0 Å². The van der Waals surface area contributed by atoms with E-state index in [0.29, 0.717) is 22.1 Å². The first-order chi connectivity index (χ1) is 16.0. The number of nitrogens with zero attached hydrogens (tertiary/aromatic N) is 4. The molecule has 0 radical (unpaired) electrons. The number of aromatic nitrogens is 2. The Labute approximate surface area is 192 Å². The van der Waals surface area contributed by atoms with E-state index in [0.717, 1.165) is 11.1 Å². The summed E-state index contributed by atoms with van der Waals surface area (Å²) in [7, 11) is 0. The van der Waals surface area contributed by atoms with Gasteiger partial charge in [0, 0.05) is 16.1 Å². The minimum absolute atomic E-state index is 0.0166. The third-order valence-corrected chi connectivity index (χ3v) is 4.82. The van der Waals surface area contributed by atoms with E-state index in [1.54, 1.807) is 48.5 Å². The molecule has 33 heavy (non-hydrogen) atoms. The number of halogens is 1. The van der Waals surface area contributed by atoms with Gasteiger partial charge < -0.3 is 20.6 Å².